The highest BCUT2D eigenvalue weighted by atomic mass is 14.1. The van der Waals surface area contributed by atoms with Crippen molar-refractivity contribution in [3.8, 4) is 0 Å². The van der Waals surface area contributed by atoms with Crippen LogP contribution >= 0.6 is 0 Å². The van der Waals surface area contributed by atoms with Crippen molar-refractivity contribution in [1.29, 1.82) is 0 Å². The Bertz CT molecular complexity index is 754. The van der Waals surface area contributed by atoms with E-state index in [-0.39, 0.29) is 0 Å². The zero-order valence-corrected chi connectivity index (χ0v) is 13.9. The average molecular weight is 310 g/mol. The number of hydrogen-bond acceptors (Lipinski definition) is 0. The van der Waals surface area contributed by atoms with Gasteiger partial charge in [-0.1, -0.05) is 98.1 Å². The highest BCUT2D eigenvalue weighted by Crippen LogP contribution is 2.24. The van der Waals surface area contributed by atoms with Crippen LogP contribution < -0.4 is 0 Å². The monoisotopic (exact) mass is 310 g/mol. The topological polar surface area (TPSA) is 0 Å². The summed E-state index contributed by atoms with van der Waals surface area (Å²) in [6.07, 6.45) is 1.73. The third-order valence-electron chi connectivity index (χ3n) is 4.29. The van der Waals surface area contributed by atoms with Crippen molar-refractivity contribution in [1.82, 2.24) is 0 Å². The molecule has 0 nitrogen and oxygen atoms in total. The Hall–Kier alpha value is -2.86. The maximum Gasteiger partial charge on any atom is -0.00229 e. The van der Waals surface area contributed by atoms with E-state index in [1.807, 2.05) is 12.1 Å². The molecule has 118 valence electrons. The van der Waals surface area contributed by atoms with Crippen molar-refractivity contribution in [2.24, 2.45) is 0 Å². The van der Waals surface area contributed by atoms with Crippen molar-refractivity contribution < 1.29 is 0 Å². The van der Waals surface area contributed by atoms with E-state index in [1.165, 1.54) is 22.3 Å². The molecule has 0 aliphatic rings. The van der Waals surface area contributed by atoms with Gasteiger partial charge in [-0.05, 0) is 46.2 Å². The van der Waals surface area contributed by atoms with Gasteiger partial charge in [-0.15, -0.1) is 0 Å². The second-order valence-corrected chi connectivity index (χ2v) is 6.06. The van der Waals surface area contributed by atoms with Gasteiger partial charge in [0.15, 0.2) is 0 Å². The summed E-state index contributed by atoms with van der Waals surface area (Å²) in [5.41, 5.74) is 7.34. The van der Waals surface area contributed by atoms with E-state index in [0.717, 1.165) is 24.0 Å². The minimum Gasteiger partial charge on any atom is -0.0949 e. The van der Waals surface area contributed by atoms with Crippen LogP contribution in [0.3, 0.4) is 0 Å². The molecule has 0 atom stereocenters. The van der Waals surface area contributed by atoms with E-state index < -0.39 is 0 Å². The quantitative estimate of drug-likeness (QED) is 0.508. The zero-order valence-electron chi connectivity index (χ0n) is 13.9. The molecule has 3 aromatic carbocycles. The standard InChI is InChI=1S/C24H22/c1-19(21-11-5-3-6-12-21)17-23-15-9-10-16-24(23)18-20(2)22-13-7-4-8-14-22/h3-16H,1-2,17-18H2. The summed E-state index contributed by atoms with van der Waals surface area (Å²) in [6.45, 7) is 8.55. The SMILES string of the molecule is C=C(Cc1ccccc1CC(=C)c1ccccc1)c1ccccc1. The van der Waals surface area contributed by atoms with Crippen LogP contribution in [0.2, 0.25) is 0 Å². The van der Waals surface area contributed by atoms with Gasteiger partial charge in [0.25, 0.3) is 0 Å². The van der Waals surface area contributed by atoms with Gasteiger partial charge in [0.2, 0.25) is 0 Å². The smallest absolute Gasteiger partial charge is 0.00229 e. The Kier molecular flexibility index (Phi) is 5.08. The van der Waals surface area contributed by atoms with Crippen LogP contribution in [0.5, 0.6) is 0 Å². The van der Waals surface area contributed by atoms with Crippen molar-refractivity contribution >= 4 is 11.1 Å². The van der Waals surface area contributed by atoms with Gasteiger partial charge in [0.1, 0.15) is 0 Å². The second-order valence-electron chi connectivity index (χ2n) is 6.06. The van der Waals surface area contributed by atoms with Crippen LogP contribution in [0.15, 0.2) is 98.1 Å². The summed E-state index contributed by atoms with van der Waals surface area (Å²) in [6, 6.07) is 29.4. The Morgan fingerprint density at radius 2 is 0.833 bits per heavy atom. The molecule has 0 saturated heterocycles. The molecule has 0 heteroatoms. The van der Waals surface area contributed by atoms with Crippen molar-refractivity contribution in [2.45, 2.75) is 12.8 Å². The van der Waals surface area contributed by atoms with Crippen molar-refractivity contribution in [3.05, 3.63) is 120 Å². The molecule has 0 heterocycles. The van der Waals surface area contributed by atoms with E-state index in [1.54, 1.807) is 0 Å². The van der Waals surface area contributed by atoms with Gasteiger partial charge < -0.3 is 0 Å². The van der Waals surface area contributed by atoms with Crippen LogP contribution in [-0.2, 0) is 12.8 Å². The average Bonchev–Trinajstić information content (AvgIpc) is 2.64. The molecule has 0 saturated carbocycles. The molecule has 24 heavy (non-hydrogen) atoms. The Balaban J connectivity index is 1.78. The lowest BCUT2D eigenvalue weighted by molar-refractivity contribution is 1.17. The van der Waals surface area contributed by atoms with E-state index in [4.69, 9.17) is 0 Å². The largest absolute Gasteiger partial charge is 0.0949 e. The molecule has 0 aromatic heterocycles. The fourth-order valence-corrected chi connectivity index (χ4v) is 2.91. The van der Waals surface area contributed by atoms with Gasteiger partial charge in [0.05, 0.1) is 0 Å². The first-order valence-corrected chi connectivity index (χ1v) is 8.27. The number of benzene rings is 3. The first-order valence-electron chi connectivity index (χ1n) is 8.27. The summed E-state index contributed by atoms with van der Waals surface area (Å²) in [4.78, 5) is 0. The van der Waals surface area contributed by atoms with Crippen LogP contribution in [0, 0.1) is 0 Å². The first kappa shape index (κ1) is 16.0. The number of rotatable bonds is 6. The Morgan fingerprint density at radius 1 is 0.500 bits per heavy atom. The van der Waals surface area contributed by atoms with Crippen LogP contribution in [0.4, 0.5) is 0 Å². The van der Waals surface area contributed by atoms with Crippen LogP contribution in [0.25, 0.3) is 11.1 Å². The third-order valence-corrected chi connectivity index (χ3v) is 4.29. The lowest BCUT2D eigenvalue weighted by Crippen LogP contribution is -1.98. The van der Waals surface area contributed by atoms with Crippen molar-refractivity contribution in [2.75, 3.05) is 0 Å². The predicted molar refractivity (Wildman–Crippen MR) is 105 cm³/mol. The number of allylic oxidation sites excluding steroid dienone is 2. The van der Waals surface area contributed by atoms with Gasteiger partial charge in [-0.25, -0.2) is 0 Å². The molecule has 0 N–H and O–H groups in total. The van der Waals surface area contributed by atoms with Gasteiger partial charge in [-0.2, -0.15) is 0 Å². The Labute approximate surface area is 144 Å². The van der Waals surface area contributed by atoms with E-state index in [2.05, 4.69) is 86.0 Å². The van der Waals surface area contributed by atoms with Gasteiger partial charge >= 0.3 is 0 Å². The van der Waals surface area contributed by atoms with E-state index in [9.17, 15) is 0 Å². The maximum absolute atomic E-state index is 4.28. The molecule has 0 radical (unpaired) electrons. The molecule has 0 unspecified atom stereocenters. The van der Waals surface area contributed by atoms with Gasteiger partial charge in [-0.3, -0.25) is 0 Å². The minimum atomic E-state index is 0.863. The summed E-state index contributed by atoms with van der Waals surface area (Å²) in [5, 5.41) is 0. The Morgan fingerprint density at radius 3 is 1.21 bits per heavy atom. The molecule has 0 fully saturated rings. The normalized spacial score (nSPS) is 10.3. The first-order chi connectivity index (χ1) is 11.7. The molecule has 0 aliphatic carbocycles. The molecular formula is C24H22. The molecular weight excluding hydrogens is 288 g/mol. The maximum atomic E-state index is 4.28. The second kappa shape index (κ2) is 7.61. The molecule has 3 rings (SSSR count). The number of hydrogen-bond donors (Lipinski definition) is 0. The van der Waals surface area contributed by atoms with Gasteiger partial charge in [0, 0.05) is 0 Å². The summed E-state index contributed by atoms with van der Waals surface area (Å²) in [7, 11) is 0. The molecule has 0 amide bonds. The third kappa shape index (κ3) is 3.91. The molecule has 0 aliphatic heterocycles. The summed E-state index contributed by atoms with van der Waals surface area (Å²) < 4.78 is 0. The highest BCUT2D eigenvalue weighted by Gasteiger charge is 2.07. The summed E-state index contributed by atoms with van der Waals surface area (Å²) in [5.74, 6) is 0. The molecule has 0 spiro atoms. The zero-order chi connectivity index (χ0) is 16.8. The van der Waals surface area contributed by atoms with Crippen LogP contribution in [-0.4, -0.2) is 0 Å². The van der Waals surface area contributed by atoms with Crippen LogP contribution in [0.1, 0.15) is 22.3 Å². The minimum absolute atomic E-state index is 0.863. The lowest BCUT2D eigenvalue weighted by atomic mass is 9.92. The fraction of sp³-hybridized carbons (Fsp3) is 0.0833. The predicted octanol–water partition coefficient (Wildman–Crippen LogP) is 6.20. The fourth-order valence-electron chi connectivity index (χ4n) is 2.91. The molecule has 3 aromatic rings. The molecule has 0 bridgehead atoms. The van der Waals surface area contributed by atoms with E-state index >= 15 is 0 Å². The van der Waals surface area contributed by atoms with E-state index in [0.29, 0.717) is 0 Å². The lowest BCUT2D eigenvalue weighted by Gasteiger charge is -2.13. The summed E-state index contributed by atoms with van der Waals surface area (Å²) >= 11 is 0. The highest BCUT2D eigenvalue weighted by molar-refractivity contribution is 5.69. The van der Waals surface area contributed by atoms with Crippen molar-refractivity contribution in [3.63, 3.8) is 0 Å².